The van der Waals surface area contributed by atoms with Gasteiger partial charge in [-0.25, -0.2) is 17.7 Å². The Balaban J connectivity index is 2.02. The Morgan fingerprint density at radius 2 is 2.33 bits per heavy atom. The highest BCUT2D eigenvalue weighted by Crippen LogP contribution is 2.18. The van der Waals surface area contributed by atoms with Gasteiger partial charge >= 0.3 is 0 Å². The fourth-order valence-electron chi connectivity index (χ4n) is 2.05. The quantitative estimate of drug-likeness (QED) is 0.914. The van der Waals surface area contributed by atoms with Gasteiger partial charge in [-0.05, 0) is 25.0 Å². The molecule has 0 spiro atoms. The third-order valence-corrected chi connectivity index (χ3v) is 4.69. The predicted octanol–water partition coefficient (Wildman–Crippen LogP) is 1.68. The van der Waals surface area contributed by atoms with Crippen LogP contribution < -0.4 is 5.32 Å². The second-order valence-corrected chi connectivity index (χ2v) is 7.36. The Hall–Kier alpha value is -0.660. The number of rotatable bonds is 3. The van der Waals surface area contributed by atoms with Crippen molar-refractivity contribution in [1.29, 1.82) is 0 Å². The van der Waals surface area contributed by atoms with Gasteiger partial charge in [-0.15, -0.1) is 0 Å². The number of nitrogens with zero attached hydrogens (tertiary/aromatic N) is 2. The lowest BCUT2D eigenvalue weighted by molar-refractivity contribution is 0.329. The molecule has 1 unspecified atom stereocenters. The van der Waals surface area contributed by atoms with Crippen LogP contribution in [0, 0.1) is 0 Å². The lowest BCUT2D eigenvalue weighted by Crippen LogP contribution is -2.44. The van der Waals surface area contributed by atoms with E-state index in [-0.39, 0.29) is 6.04 Å². The van der Waals surface area contributed by atoms with E-state index in [0.717, 1.165) is 23.1 Å². The summed E-state index contributed by atoms with van der Waals surface area (Å²) in [5.74, 6) is 0.768. The van der Waals surface area contributed by atoms with Crippen molar-refractivity contribution in [2.45, 2.75) is 18.9 Å². The number of hydrogen-bond acceptors (Lipinski definition) is 4. The van der Waals surface area contributed by atoms with E-state index >= 15 is 0 Å². The van der Waals surface area contributed by atoms with E-state index in [0.29, 0.717) is 13.1 Å². The van der Waals surface area contributed by atoms with Crippen molar-refractivity contribution in [2.75, 3.05) is 24.7 Å². The molecule has 0 amide bonds. The summed E-state index contributed by atoms with van der Waals surface area (Å²) in [5.41, 5.74) is 0. The molecule has 1 aliphatic heterocycles. The molecule has 18 heavy (non-hydrogen) atoms. The number of piperidine rings is 1. The number of halogens is 1. The summed E-state index contributed by atoms with van der Waals surface area (Å²) in [6.45, 7) is 1.12. The predicted molar refractivity (Wildman–Crippen MR) is 75.0 cm³/mol. The van der Waals surface area contributed by atoms with Crippen molar-refractivity contribution < 1.29 is 8.42 Å². The maximum atomic E-state index is 11.5. The van der Waals surface area contributed by atoms with Crippen LogP contribution in [-0.4, -0.2) is 43.1 Å². The fourth-order valence-corrected chi connectivity index (χ4v) is 3.30. The Morgan fingerprint density at radius 3 is 3.00 bits per heavy atom. The van der Waals surface area contributed by atoms with Crippen LogP contribution in [0.2, 0.25) is 0 Å². The first-order valence-electron chi connectivity index (χ1n) is 5.78. The fraction of sp³-hybridized carbons (Fsp3) is 0.545. The molecule has 0 aliphatic carbocycles. The molecule has 1 aliphatic rings. The second kappa shape index (κ2) is 5.54. The topological polar surface area (TPSA) is 62.3 Å². The van der Waals surface area contributed by atoms with E-state index in [2.05, 4.69) is 26.2 Å². The molecule has 1 aromatic rings. The van der Waals surface area contributed by atoms with E-state index in [9.17, 15) is 8.42 Å². The molecule has 100 valence electrons. The van der Waals surface area contributed by atoms with E-state index in [4.69, 9.17) is 0 Å². The van der Waals surface area contributed by atoms with Gasteiger partial charge in [0.05, 0.1) is 6.26 Å². The van der Waals surface area contributed by atoms with Crippen molar-refractivity contribution in [3.8, 4) is 0 Å². The number of sulfonamides is 1. The Bertz CT molecular complexity index is 521. The maximum absolute atomic E-state index is 11.5. The van der Waals surface area contributed by atoms with Crippen LogP contribution in [0.15, 0.2) is 22.8 Å². The van der Waals surface area contributed by atoms with Gasteiger partial charge in [0.15, 0.2) is 0 Å². The minimum absolute atomic E-state index is 0.121. The zero-order valence-electron chi connectivity index (χ0n) is 10.1. The third-order valence-electron chi connectivity index (χ3n) is 2.93. The van der Waals surface area contributed by atoms with E-state index < -0.39 is 10.0 Å². The first kappa shape index (κ1) is 13.8. The first-order chi connectivity index (χ1) is 8.45. The Labute approximate surface area is 116 Å². The summed E-state index contributed by atoms with van der Waals surface area (Å²) < 4.78 is 25.5. The van der Waals surface area contributed by atoms with Gasteiger partial charge in [0.2, 0.25) is 10.0 Å². The van der Waals surface area contributed by atoms with Gasteiger partial charge in [-0.2, -0.15) is 0 Å². The average Bonchev–Trinajstić information content (AvgIpc) is 2.28. The molecule has 7 heteroatoms. The number of hydrogen-bond donors (Lipinski definition) is 1. The third kappa shape index (κ3) is 3.66. The lowest BCUT2D eigenvalue weighted by Gasteiger charge is -2.31. The van der Waals surface area contributed by atoms with Gasteiger partial charge in [0.25, 0.3) is 0 Å². The summed E-state index contributed by atoms with van der Waals surface area (Å²) in [4.78, 5) is 4.21. The van der Waals surface area contributed by atoms with Crippen LogP contribution in [0.25, 0.3) is 0 Å². The van der Waals surface area contributed by atoms with E-state index in [1.165, 1.54) is 10.6 Å². The van der Waals surface area contributed by atoms with Crippen molar-refractivity contribution in [3.05, 3.63) is 22.8 Å². The summed E-state index contributed by atoms with van der Waals surface area (Å²) in [5, 5.41) is 3.28. The van der Waals surface area contributed by atoms with Crippen molar-refractivity contribution >= 4 is 31.8 Å². The standard InChI is InChI=1S/C11H16BrN3O2S/c1-18(16,17)15-6-2-3-10(8-15)14-11-7-9(12)4-5-13-11/h4-5,7,10H,2-3,6,8H2,1H3,(H,13,14). The number of aromatic nitrogens is 1. The molecule has 1 fully saturated rings. The Kier molecular flexibility index (Phi) is 4.24. The molecule has 0 radical (unpaired) electrons. The smallest absolute Gasteiger partial charge is 0.211 e. The number of anilines is 1. The summed E-state index contributed by atoms with van der Waals surface area (Å²) in [6, 6.07) is 3.86. The summed E-state index contributed by atoms with van der Waals surface area (Å²) in [7, 11) is -3.10. The summed E-state index contributed by atoms with van der Waals surface area (Å²) in [6.07, 6.45) is 4.80. The monoisotopic (exact) mass is 333 g/mol. The molecule has 0 saturated carbocycles. The SMILES string of the molecule is CS(=O)(=O)N1CCCC(Nc2cc(Br)ccn2)C1. The zero-order chi connectivity index (χ0) is 13.2. The van der Waals surface area contributed by atoms with Gasteiger partial charge in [-0.1, -0.05) is 15.9 Å². The molecule has 0 bridgehead atoms. The molecule has 2 heterocycles. The Morgan fingerprint density at radius 1 is 1.56 bits per heavy atom. The van der Waals surface area contributed by atoms with Crippen LogP contribution in [0.1, 0.15) is 12.8 Å². The normalized spacial score (nSPS) is 21.8. The molecule has 5 nitrogen and oxygen atoms in total. The van der Waals surface area contributed by atoms with Crippen LogP contribution in [0.4, 0.5) is 5.82 Å². The van der Waals surface area contributed by atoms with Gasteiger partial charge in [0, 0.05) is 29.8 Å². The number of nitrogens with one attached hydrogen (secondary N) is 1. The molecule has 1 N–H and O–H groups in total. The van der Waals surface area contributed by atoms with Crippen LogP contribution in [0.3, 0.4) is 0 Å². The molecular formula is C11H16BrN3O2S. The average molecular weight is 334 g/mol. The zero-order valence-corrected chi connectivity index (χ0v) is 12.5. The maximum Gasteiger partial charge on any atom is 0.211 e. The summed E-state index contributed by atoms with van der Waals surface area (Å²) >= 11 is 3.38. The van der Waals surface area contributed by atoms with Gasteiger partial charge in [-0.3, -0.25) is 0 Å². The highest BCUT2D eigenvalue weighted by molar-refractivity contribution is 9.10. The molecular weight excluding hydrogens is 318 g/mol. The molecule has 0 aromatic carbocycles. The number of pyridine rings is 1. The molecule has 1 aromatic heterocycles. The second-order valence-electron chi connectivity index (χ2n) is 4.46. The van der Waals surface area contributed by atoms with Crippen LogP contribution in [0.5, 0.6) is 0 Å². The largest absolute Gasteiger partial charge is 0.366 e. The minimum Gasteiger partial charge on any atom is -0.366 e. The highest BCUT2D eigenvalue weighted by Gasteiger charge is 2.25. The van der Waals surface area contributed by atoms with E-state index in [1.54, 1.807) is 6.20 Å². The van der Waals surface area contributed by atoms with Crippen molar-refractivity contribution in [1.82, 2.24) is 9.29 Å². The van der Waals surface area contributed by atoms with Gasteiger partial charge < -0.3 is 5.32 Å². The van der Waals surface area contributed by atoms with Crippen LogP contribution >= 0.6 is 15.9 Å². The first-order valence-corrected chi connectivity index (χ1v) is 8.42. The minimum atomic E-state index is -3.10. The molecule has 1 atom stereocenters. The highest BCUT2D eigenvalue weighted by atomic mass is 79.9. The van der Waals surface area contributed by atoms with E-state index in [1.807, 2.05) is 12.1 Å². The van der Waals surface area contributed by atoms with Gasteiger partial charge in [0.1, 0.15) is 5.82 Å². The van der Waals surface area contributed by atoms with Crippen LogP contribution in [-0.2, 0) is 10.0 Å². The van der Waals surface area contributed by atoms with Crippen molar-refractivity contribution in [2.24, 2.45) is 0 Å². The molecule has 2 rings (SSSR count). The molecule has 1 saturated heterocycles. The van der Waals surface area contributed by atoms with Crippen molar-refractivity contribution in [3.63, 3.8) is 0 Å². The lowest BCUT2D eigenvalue weighted by atomic mass is 10.1.